The Labute approximate surface area is 140 Å². The number of hydrogen-bond acceptors (Lipinski definition) is 4. The lowest BCUT2D eigenvalue weighted by Crippen LogP contribution is -2.30. The van der Waals surface area contributed by atoms with Gasteiger partial charge >= 0.3 is 6.03 Å². The zero-order chi connectivity index (χ0) is 17.4. The molecule has 0 fully saturated rings. The molecule has 1 N–H and O–H groups in total. The van der Waals surface area contributed by atoms with E-state index in [0.717, 1.165) is 5.06 Å². The van der Waals surface area contributed by atoms with Gasteiger partial charge in [-0.05, 0) is 36.4 Å². The Hall–Kier alpha value is -3.17. The van der Waals surface area contributed by atoms with Crippen molar-refractivity contribution in [1.82, 2.24) is 5.06 Å². The molecule has 2 aromatic carbocycles. The van der Waals surface area contributed by atoms with Gasteiger partial charge in [-0.25, -0.2) is 9.86 Å². The first kappa shape index (κ1) is 17.2. The number of hydrogen-bond donors (Lipinski definition) is 1. The summed E-state index contributed by atoms with van der Waals surface area (Å²) in [6.45, 7) is 0.202. The highest BCUT2D eigenvalue weighted by Crippen LogP contribution is 2.26. The maximum absolute atomic E-state index is 11.7. The van der Waals surface area contributed by atoms with Crippen molar-refractivity contribution in [3.05, 3.63) is 48.5 Å². The quantitative estimate of drug-likeness (QED) is 0.652. The summed E-state index contributed by atoms with van der Waals surface area (Å²) in [6.07, 6.45) is 5.17. The van der Waals surface area contributed by atoms with E-state index in [1.165, 1.54) is 14.2 Å². The molecule has 0 spiro atoms. The van der Waals surface area contributed by atoms with E-state index in [0.29, 0.717) is 22.9 Å². The van der Waals surface area contributed by atoms with Gasteiger partial charge in [0.05, 0.1) is 7.11 Å². The summed E-state index contributed by atoms with van der Waals surface area (Å²) in [5.41, 5.74) is 0.627. The molecule has 6 nitrogen and oxygen atoms in total. The normalized spacial score (nSPS) is 9.71. The van der Waals surface area contributed by atoms with Gasteiger partial charge in [-0.1, -0.05) is 12.0 Å². The van der Waals surface area contributed by atoms with Crippen molar-refractivity contribution in [3.63, 3.8) is 0 Å². The number of anilines is 1. The molecule has 0 aromatic heterocycles. The summed E-state index contributed by atoms with van der Waals surface area (Å²) in [6, 6.07) is 13.8. The fourth-order valence-corrected chi connectivity index (χ4v) is 1.78. The third-order valence-electron chi connectivity index (χ3n) is 3.03. The Balaban J connectivity index is 1.99. The third-order valence-corrected chi connectivity index (χ3v) is 3.03. The maximum Gasteiger partial charge on any atom is 0.345 e. The summed E-state index contributed by atoms with van der Waals surface area (Å²) in [5, 5.41) is 3.77. The topological polar surface area (TPSA) is 60.0 Å². The molecule has 0 aliphatic heterocycles. The van der Waals surface area contributed by atoms with Crippen LogP contribution < -0.4 is 14.8 Å². The first-order valence-electron chi connectivity index (χ1n) is 7.15. The average Bonchev–Trinajstić information content (AvgIpc) is 2.61. The van der Waals surface area contributed by atoms with Crippen molar-refractivity contribution >= 4 is 11.7 Å². The van der Waals surface area contributed by atoms with Crippen LogP contribution in [-0.4, -0.2) is 31.9 Å². The Morgan fingerprint density at radius 1 is 1.17 bits per heavy atom. The molecular weight excluding hydrogens is 308 g/mol. The van der Waals surface area contributed by atoms with E-state index in [4.69, 9.17) is 20.7 Å². The fraction of sp³-hybridized carbons (Fsp3) is 0.167. The van der Waals surface area contributed by atoms with E-state index < -0.39 is 0 Å². The number of ether oxygens (including phenoxy) is 2. The fourth-order valence-electron chi connectivity index (χ4n) is 1.78. The predicted molar refractivity (Wildman–Crippen MR) is 91.1 cm³/mol. The zero-order valence-corrected chi connectivity index (χ0v) is 13.5. The molecule has 0 bridgehead atoms. The molecular formula is C18H18N2O4. The van der Waals surface area contributed by atoms with Crippen molar-refractivity contribution in [2.75, 3.05) is 26.1 Å². The Bertz CT molecular complexity index is 723. The minimum Gasteiger partial charge on any atom is -0.481 e. The number of rotatable bonds is 6. The molecule has 6 heteroatoms. The number of nitrogens with one attached hydrogen (secondary N) is 1. The lowest BCUT2D eigenvalue weighted by Gasteiger charge is -2.14. The number of hydroxylamine groups is 2. The number of urea groups is 1. The van der Waals surface area contributed by atoms with Gasteiger partial charge in [0.1, 0.15) is 23.9 Å². The second-order valence-electron chi connectivity index (χ2n) is 4.70. The van der Waals surface area contributed by atoms with Crippen LogP contribution in [0.2, 0.25) is 0 Å². The van der Waals surface area contributed by atoms with Gasteiger partial charge in [-0.15, -0.1) is 6.42 Å². The van der Waals surface area contributed by atoms with Gasteiger partial charge < -0.3 is 14.8 Å². The molecule has 24 heavy (non-hydrogen) atoms. The van der Waals surface area contributed by atoms with Gasteiger partial charge in [-0.2, -0.15) is 0 Å². The minimum atomic E-state index is -0.371. The monoisotopic (exact) mass is 326 g/mol. The molecule has 0 saturated heterocycles. The Morgan fingerprint density at radius 3 is 2.54 bits per heavy atom. The second kappa shape index (κ2) is 8.46. The molecule has 0 saturated carbocycles. The number of nitrogens with zero attached hydrogens (tertiary/aromatic N) is 1. The summed E-state index contributed by atoms with van der Waals surface area (Å²) in [7, 11) is 2.93. The SMILES string of the molecule is C#CCOc1cccc(Oc2ccc(NC(=O)N(C)OC)cc2)c1. The van der Waals surface area contributed by atoms with Crippen LogP contribution in [0.3, 0.4) is 0 Å². The highest BCUT2D eigenvalue weighted by Gasteiger charge is 2.07. The number of benzene rings is 2. The van der Waals surface area contributed by atoms with Gasteiger partial charge in [0.15, 0.2) is 0 Å². The van der Waals surface area contributed by atoms with E-state index in [1.807, 2.05) is 12.1 Å². The zero-order valence-electron chi connectivity index (χ0n) is 13.5. The largest absolute Gasteiger partial charge is 0.481 e. The molecule has 0 unspecified atom stereocenters. The van der Waals surface area contributed by atoms with Crippen LogP contribution in [0.1, 0.15) is 0 Å². The van der Waals surface area contributed by atoms with Crippen LogP contribution in [-0.2, 0) is 4.84 Å². The van der Waals surface area contributed by atoms with E-state index in [-0.39, 0.29) is 12.6 Å². The molecule has 2 amide bonds. The highest BCUT2D eigenvalue weighted by molar-refractivity contribution is 5.88. The van der Waals surface area contributed by atoms with Gasteiger partial charge in [0.2, 0.25) is 0 Å². The molecule has 0 aliphatic carbocycles. The van der Waals surface area contributed by atoms with Crippen molar-refractivity contribution in [2.24, 2.45) is 0 Å². The molecule has 0 aliphatic rings. The van der Waals surface area contributed by atoms with Crippen molar-refractivity contribution in [1.29, 1.82) is 0 Å². The first-order valence-corrected chi connectivity index (χ1v) is 7.15. The first-order chi connectivity index (χ1) is 11.6. The average molecular weight is 326 g/mol. The summed E-state index contributed by atoms with van der Waals surface area (Å²) in [5.74, 6) is 4.30. The maximum atomic E-state index is 11.7. The minimum absolute atomic E-state index is 0.202. The standard InChI is InChI=1S/C18H18N2O4/c1-4-12-23-16-6-5-7-17(13-16)24-15-10-8-14(9-11-15)19-18(21)20(2)22-3/h1,5-11,13H,12H2,2-3H3,(H,19,21). The van der Waals surface area contributed by atoms with Gasteiger partial charge in [0, 0.05) is 18.8 Å². The summed E-state index contributed by atoms with van der Waals surface area (Å²) >= 11 is 0. The van der Waals surface area contributed by atoms with Crippen LogP contribution in [0.5, 0.6) is 17.2 Å². The van der Waals surface area contributed by atoms with Crippen LogP contribution in [0, 0.1) is 12.3 Å². The van der Waals surface area contributed by atoms with E-state index in [2.05, 4.69) is 11.2 Å². The van der Waals surface area contributed by atoms with Crippen LogP contribution >= 0.6 is 0 Å². The molecule has 124 valence electrons. The molecule has 2 rings (SSSR count). The molecule has 0 heterocycles. The third kappa shape index (κ3) is 4.93. The molecule has 0 radical (unpaired) electrons. The number of terminal acetylenes is 1. The second-order valence-corrected chi connectivity index (χ2v) is 4.70. The Kier molecular flexibility index (Phi) is 6.06. The van der Waals surface area contributed by atoms with E-state index in [9.17, 15) is 4.79 Å². The number of amides is 2. The van der Waals surface area contributed by atoms with Crippen molar-refractivity contribution in [2.45, 2.75) is 0 Å². The van der Waals surface area contributed by atoms with E-state index >= 15 is 0 Å². The Morgan fingerprint density at radius 2 is 1.88 bits per heavy atom. The highest BCUT2D eigenvalue weighted by atomic mass is 16.7. The lowest BCUT2D eigenvalue weighted by atomic mass is 10.3. The van der Waals surface area contributed by atoms with Gasteiger partial charge in [-0.3, -0.25) is 4.84 Å². The van der Waals surface area contributed by atoms with Gasteiger partial charge in [0.25, 0.3) is 0 Å². The van der Waals surface area contributed by atoms with Crippen LogP contribution in [0.15, 0.2) is 48.5 Å². The van der Waals surface area contributed by atoms with Crippen LogP contribution in [0.25, 0.3) is 0 Å². The van der Waals surface area contributed by atoms with E-state index in [1.54, 1.807) is 36.4 Å². The molecule has 2 aromatic rings. The number of carbonyl (C=O) groups is 1. The van der Waals surface area contributed by atoms with Crippen molar-refractivity contribution < 1.29 is 19.1 Å². The lowest BCUT2D eigenvalue weighted by molar-refractivity contribution is -0.0598. The smallest absolute Gasteiger partial charge is 0.345 e. The summed E-state index contributed by atoms with van der Waals surface area (Å²) in [4.78, 5) is 16.5. The predicted octanol–water partition coefficient (Wildman–Crippen LogP) is 3.52. The summed E-state index contributed by atoms with van der Waals surface area (Å²) < 4.78 is 11.1. The number of carbonyl (C=O) groups excluding carboxylic acids is 1. The van der Waals surface area contributed by atoms with Crippen molar-refractivity contribution in [3.8, 4) is 29.6 Å². The van der Waals surface area contributed by atoms with Crippen LogP contribution in [0.4, 0.5) is 10.5 Å². The molecule has 0 atom stereocenters.